The first-order chi connectivity index (χ1) is 6.33. The fourth-order valence-corrected chi connectivity index (χ4v) is 1.38. The third-order valence-corrected chi connectivity index (χ3v) is 2.04. The minimum Gasteiger partial charge on any atom is -0.335 e. The van der Waals surface area contributed by atoms with Gasteiger partial charge in [0.15, 0.2) is 0 Å². The van der Waals surface area contributed by atoms with E-state index in [2.05, 4.69) is 22.5 Å². The Morgan fingerprint density at radius 1 is 1.69 bits per heavy atom. The highest BCUT2D eigenvalue weighted by molar-refractivity contribution is 5.74. The minimum atomic E-state index is -0.103. The standard InChI is InChI=1S/C9H17N3O/c1-2-5-11-9(13)12-8-4-3-6-10-7-8/h2,8,10H,1,3-7H2,(H2,11,12,13)/t8-/m1/s1. The summed E-state index contributed by atoms with van der Waals surface area (Å²) in [4.78, 5) is 11.2. The van der Waals surface area contributed by atoms with E-state index in [-0.39, 0.29) is 12.1 Å². The Balaban J connectivity index is 2.14. The predicted molar refractivity (Wildman–Crippen MR) is 52.6 cm³/mol. The van der Waals surface area contributed by atoms with Crippen LogP contribution in [-0.4, -0.2) is 31.7 Å². The van der Waals surface area contributed by atoms with E-state index in [0.29, 0.717) is 6.54 Å². The van der Waals surface area contributed by atoms with Crippen LogP contribution in [0.4, 0.5) is 4.79 Å². The molecule has 74 valence electrons. The molecule has 1 rings (SSSR count). The second kappa shape index (κ2) is 5.59. The van der Waals surface area contributed by atoms with E-state index in [1.165, 1.54) is 0 Å². The largest absolute Gasteiger partial charge is 0.335 e. The van der Waals surface area contributed by atoms with Crippen LogP contribution in [0.25, 0.3) is 0 Å². The zero-order chi connectivity index (χ0) is 9.52. The molecule has 1 heterocycles. The van der Waals surface area contributed by atoms with Gasteiger partial charge in [-0.15, -0.1) is 6.58 Å². The molecular formula is C9H17N3O. The molecule has 0 spiro atoms. The lowest BCUT2D eigenvalue weighted by atomic mass is 10.1. The molecule has 0 aromatic heterocycles. The number of carbonyl (C=O) groups excluding carboxylic acids is 1. The number of hydrogen-bond acceptors (Lipinski definition) is 2. The number of piperidine rings is 1. The van der Waals surface area contributed by atoms with Gasteiger partial charge in [-0.25, -0.2) is 4.79 Å². The molecule has 0 bridgehead atoms. The molecule has 0 aromatic carbocycles. The molecule has 0 unspecified atom stereocenters. The lowest BCUT2D eigenvalue weighted by molar-refractivity contribution is 0.235. The van der Waals surface area contributed by atoms with Gasteiger partial charge in [0, 0.05) is 19.1 Å². The summed E-state index contributed by atoms with van der Waals surface area (Å²) in [5, 5.41) is 8.81. The first-order valence-electron chi connectivity index (χ1n) is 4.69. The number of carbonyl (C=O) groups is 1. The normalized spacial score (nSPS) is 22.0. The summed E-state index contributed by atoms with van der Waals surface area (Å²) in [6.45, 7) is 5.98. The van der Waals surface area contributed by atoms with Crippen LogP contribution < -0.4 is 16.0 Å². The van der Waals surface area contributed by atoms with Crippen molar-refractivity contribution in [3.05, 3.63) is 12.7 Å². The Labute approximate surface area is 78.8 Å². The van der Waals surface area contributed by atoms with E-state index in [1.54, 1.807) is 6.08 Å². The van der Waals surface area contributed by atoms with Gasteiger partial charge in [-0.2, -0.15) is 0 Å². The van der Waals surface area contributed by atoms with Gasteiger partial charge in [0.1, 0.15) is 0 Å². The molecule has 2 amide bonds. The highest BCUT2D eigenvalue weighted by atomic mass is 16.2. The van der Waals surface area contributed by atoms with Gasteiger partial charge in [-0.05, 0) is 19.4 Å². The quantitative estimate of drug-likeness (QED) is 0.548. The average Bonchev–Trinajstić information content (AvgIpc) is 2.16. The van der Waals surface area contributed by atoms with Crippen molar-refractivity contribution >= 4 is 6.03 Å². The highest BCUT2D eigenvalue weighted by Gasteiger charge is 2.14. The molecule has 0 aliphatic carbocycles. The van der Waals surface area contributed by atoms with E-state index in [9.17, 15) is 4.79 Å². The fraction of sp³-hybridized carbons (Fsp3) is 0.667. The third kappa shape index (κ3) is 3.94. The molecule has 13 heavy (non-hydrogen) atoms. The summed E-state index contributed by atoms with van der Waals surface area (Å²) in [7, 11) is 0. The van der Waals surface area contributed by atoms with Gasteiger partial charge in [0.2, 0.25) is 0 Å². The lowest BCUT2D eigenvalue weighted by Crippen LogP contribution is -2.49. The van der Waals surface area contributed by atoms with Gasteiger partial charge in [0.05, 0.1) is 0 Å². The van der Waals surface area contributed by atoms with Crippen LogP contribution in [0.5, 0.6) is 0 Å². The number of rotatable bonds is 3. The second-order valence-electron chi connectivity index (χ2n) is 3.19. The van der Waals surface area contributed by atoms with Crippen LogP contribution in [0, 0.1) is 0 Å². The van der Waals surface area contributed by atoms with Crippen molar-refractivity contribution in [2.75, 3.05) is 19.6 Å². The zero-order valence-corrected chi connectivity index (χ0v) is 7.81. The van der Waals surface area contributed by atoms with Gasteiger partial charge < -0.3 is 16.0 Å². The molecule has 1 aliphatic rings. The van der Waals surface area contributed by atoms with Crippen molar-refractivity contribution < 1.29 is 4.79 Å². The van der Waals surface area contributed by atoms with Crippen molar-refractivity contribution in [3.63, 3.8) is 0 Å². The molecule has 1 saturated heterocycles. The summed E-state index contributed by atoms with van der Waals surface area (Å²) in [5.41, 5.74) is 0. The van der Waals surface area contributed by atoms with Crippen molar-refractivity contribution in [3.8, 4) is 0 Å². The molecule has 1 atom stereocenters. The molecule has 4 heteroatoms. The molecule has 0 aromatic rings. The Kier molecular flexibility index (Phi) is 4.32. The Morgan fingerprint density at radius 3 is 3.15 bits per heavy atom. The average molecular weight is 183 g/mol. The molecule has 3 N–H and O–H groups in total. The van der Waals surface area contributed by atoms with Gasteiger partial charge in [-0.3, -0.25) is 0 Å². The van der Waals surface area contributed by atoms with Crippen LogP contribution in [-0.2, 0) is 0 Å². The van der Waals surface area contributed by atoms with Crippen LogP contribution in [0.2, 0.25) is 0 Å². The first kappa shape index (κ1) is 10.1. The van der Waals surface area contributed by atoms with E-state index in [1.807, 2.05) is 0 Å². The molecule has 1 aliphatic heterocycles. The third-order valence-electron chi connectivity index (χ3n) is 2.04. The number of hydrogen-bond donors (Lipinski definition) is 3. The molecule has 0 saturated carbocycles. The van der Waals surface area contributed by atoms with Crippen molar-refractivity contribution in [1.29, 1.82) is 0 Å². The Hall–Kier alpha value is -1.03. The smallest absolute Gasteiger partial charge is 0.315 e. The number of urea groups is 1. The molecule has 4 nitrogen and oxygen atoms in total. The zero-order valence-electron chi connectivity index (χ0n) is 7.81. The lowest BCUT2D eigenvalue weighted by Gasteiger charge is -2.23. The summed E-state index contributed by atoms with van der Waals surface area (Å²) in [6.07, 6.45) is 3.86. The second-order valence-corrected chi connectivity index (χ2v) is 3.19. The van der Waals surface area contributed by atoms with E-state index in [4.69, 9.17) is 0 Å². The van der Waals surface area contributed by atoms with E-state index < -0.39 is 0 Å². The van der Waals surface area contributed by atoms with Gasteiger partial charge >= 0.3 is 6.03 Å². The monoisotopic (exact) mass is 183 g/mol. The summed E-state index contributed by atoms with van der Waals surface area (Å²) in [6, 6.07) is 0.173. The van der Waals surface area contributed by atoms with Crippen LogP contribution in [0.1, 0.15) is 12.8 Å². The topological polar surface area (TPSA) is 53.2 Å². The maximum absolute atomic E-state index is 11.2. The molecular weight excluding hydrogens is 166 g/mol. The van der Waals surface area contributed by atoms with Crippen molar-refractivity contribution in [2.24, 2.45) is 0 Å². The minimum absolute atomic E-state index is 0.103. The Bertz CT molecular complexity index is 176. The highest BCUT2D eigenvalue weighted by Crippen LogP contribution is 2.00. The van der Waals surface area contributed by atoms with Gasteiger partial charge in [0.25, 0.3) is 0 Å². The maximum Gasteiger partial charge on any atom is 0.315 e. The SMILES string of the molecule is C=CCNC(=O)N[C@@H]1CCCNC1. The summed E-state index contributed by atoms with van der Waals surface area (Å²) < 4.78 is 0. The van der Waals surface area contributed by atoms with Crippen molar-refractivity contribution in [2.45, 2.75) is 18.9 Å². The summed E-state index contributed by atoms with van der Waals surface area (Å²) in [5.74, 6) is 0. The van der Waals surface area contributed by atoms with Crippen LogP contribution in [0.3, 0.4) is 0 Å². The Morgan fingerprint density at radius 2 is 2.54 bits per heavy atom. The first-order valence-corrected chi connectivity index (χ1v) is 4.69. The predicted octanol–water partition coefficient (Wildman–Crippen LogP) is 0.224. The van der Waals surface area contributed by atoms with Crippen LogP contribution in [0.15, 0.2) is 12.7 Å². The number of amides is 2. The maximum atomic E-state index is 11.2. The summed E-state index contributed by atoms with van der Waals surface area (Å²) >= 11 is 0. The molecule has 1 fully saturated rings. The van der Waals surface area contributed by atoms with Crippen molar-refractivity contribution in [1.82, 2.24) is 16.0 Å². The van der Waals surface area contributed by atoms with E-state index >= 15 is 0 Å². The molecule has 0 radical (unpaired) electrons. The van der Waals surface area contributed by atoms with Crippen LogP contribution >= 0.6 is 0 Å². The number of nitrogens with one attached hydrogen (secondary N) is 3. The fourth-order valence-electron chi connectivity index (χ4n) is 1.38. The van der Waals surface area contributed by atoms with Gasteiger partial charge in [-0.1, -0.05) is 6.08 Å². The van der Waals surface area contributed by atoms with E-state index in [0.717, 1.165) is 25.9 Å².